The summed E-state index contributed by atoms with van der Waals surface area (Å²) in [4.78, 5) is 64.7. The zero-order chi connectivity index (χ0) is 34.2. The number of amides is 3. The number of epoxide rings is 1. The highest BCUT2D eigenvalue weighted by atomic mass is 16.7. The van der Waals surface area contributed by atoms with Gasteiger partial charge in [0, 0.05) is 32.8 Å². The van der Waals surface area contributed by atoms with Crippen molar-refractivity contribution in [3.8, 4) is 0 Å². The average Bonchev–Trinajstić information content (AvgIpc) is 3.75. The highest BCUT2D eigenvalue weighted by Gasteiger charge is 2.58. The maximum atomic E-state index is 12.5. The number of carbonyl (C=O) groups excluding carboxylic acids is 5. The summed E-state index contributed by atoms with van der Waals surface area (Å²) in [6.45, 7) is 11.9. The zero-order valence-corrected chi connectivity index (χ0v) is 27.7. The Balaban J connectivity index is 1.53. The van der Waals surface area contributed by atoms with Crippen LogP contribution in [0.1, 0.15) is 80.6 Å². The summed E-state index contributed by atoms with van der Waals surface area (Å²) in [7, 11) is 0. The smallest absolute Gasteiger partial charge is 0.335 e. The van der Waals surface area contributed by atoms with Gasteiger partial charge < -0.3 is 34.2 Å². The second-order valence-corrected chi connectivity index (χ2v) is 12.4. The van der Waals surface area contributed by atoms with E-state index < -0.39 is 53.8 Å². The Morgan fingerprint density at radius 3 is 2.41 bits per heavy atom. The standard InChI is InChI=1S/C33H48N2O11/c1-8-30(39)35(23(6)36)46-31(40)16-25-17-33(18-42-33)32(41)28(45-25)13-10-19(2)9-12-27-20(3)15-26(22(5)44-27)34-29(38)14-11-21(4)43-24(7)37/h9-11,13-14,20-22,25-28,32,41H,8,12,15-18H2,1-7H3,(H,34,38). The predicted octanol–water partition coefficient (Wildman–Crippen LogP) is 2.61. The highest BCUT2D eigenvalue weighted by Crippen LogP contribution is 2.43. The number of rotatable bonds is 11. The average molecular weight is 649 g/mol. The van der Waals surface area contributed by atoms with Gasteiger partial charge in [-0.05, 0) is 45.6 Å². The molecule has 9 atom stereocenters. The normalized spacial score (nSPS) is 31.8. The van der Waals surface area contributed by atoms with Gasteiger partial charge in [0.15, 0.2) is 0 Å². The molecule has 3 heterocycles. The summed E-state index contributed by atoms with van der Waals surface area (Å²) < 4.78 is 22.9. The van der Waals surface area contributed by atoms with E-state index in [9.17, 15) is 29.1 Å². The number of nitrogens with one attached hydrogen (secondary N) is 1. The Hall–Kier alpha value is -3.39. The quantitative estimate of drug-likeness (QED) is 0.111. The van der Waals surface area contributed by atoms with Crippen molar-refractivity contribution in [2.24, 2.45) is 5.92 Å². The third kappa shape index (κ3) is 10.6. The molecule has 3 saturated heterocycles. The van der Waals surface area contributed by atoms with Gasteiger partial charge in [-0.2, -0.15) is 0 Å². The maximum absolute atomic E-state index is 12.5. The molecule has 3 aliphatic heterocycles. The van der Waals surface area contributed by atoms with Crippen LogP contribution in [0.15, 0.2) is 36.0 Å². The Morgan fingerprint density at radius 2 is 1.80 bits per heavy atom. The second-order valence-electron chi connectivity index (χ2n) is 12.4. The third-order valence-corrected chi connectivity index (χ3v) is 8.33. The van der Waals surface area contributed by atoms with Gasteiger partial charge >= 0.3 is 11.9 Å². The lowest BCUT2D eigenvalue weighted by Crippen LogP contribution is -2.50. The van der Waals surface area contributed by atoms with E-state index in [-0.39, 0.29) is 49.3 Å². The van der Waals surface area contributed by atoms with Crippen LogP contribution in [-0.2, 0) is 47.8 Å². The first kappa shape index (κ1) is 37.1. The van der Waals surface area contributed by atoms with Crippen molar-refractivity contribution in [2.75, 3.05) is 6.61 Å². The molecule has 3 amide bonds. The lowest BCUT2D eigenvalue weighted by atomic mass is 9.87. The molecule has 3 fully saturated rings. The molecule has 9 unspecified atom stereocenters. The molecule has 0 aliphatic carbocycles. The van der Waals surface area contributed by atoms with E-state index in [1.54, 1.807) is 19.9 Å². The number of aliphatic hydroxyl groups is 1. The van der Waals surface area contributed by atoms with Crippen molar-refractivity contribution in [3.63, 3.8) is 0 Å². The number of hydrogen-bond acceptors (Lipinski definition) is 11. The molecule has 1 spiro atoms. The minimum Gasteiger partial charge on any atom is -0.459 e. The van der Waals surface area contributed by atoms with Gasteiger partial charge in [-0.3, -0.25) is 19.2 Å². The number of hydroxylamine groups is 2. The van der Waals surface area contributed by atoms with Crippen LogP contribution in [0, 0.1) is 5.92 Å². The summed E-state index contributed by atoms with van der Waals surface area (Å²) in [6, 6.07) is -0.165. The molecule has 46 heavy (non-hydrogen) atoms. The molecule has 0 saturated carbocycles. The van der Waals surface area contributed by atoms with Crippen LogP contribution >= 0.6 is 0 Å². The molecule has 0 aromatic heterocycles. The van der Waals surface area contributed by atoms with E-state index in [2.05, 4.69) is 12.2 Å². The fourth-order valence-electron chi connectivity index (χ4n) is 5.65. The van der Waals surface area contributed by atoms with Crippen LogP contribution in [0.5, 0.6) is 0 Å². The van der Waals surface area contributed by atoms with Gasteiger partial charge in [0.2, 0.25) is 5.91 Å². The number of allylic oxidation sites excluding steroid dienone is 2. The molecule has 13 nitrogen and oxygen atoms in total. The first-order valence-corrected chi connectivity index (χ1v) is 15.8. The topological polar surface area (TPSA) is 170 Å². The fraction of sp³-hybridized carbons (Fsp3) is 0.667. The lowest BCUT2D eigenvalue weighted by molar-refractivity contribution is -0.205. The predicted molar refractivity (Wildman–Crippen MR) is 164 cm³/mol. The molecule has 2 N–H and O–H groups in total. The number of esters is 1. The molecule has 256 valence electrons. The largest absolute Gasteiger partial charge is 0.459 e. The SMILES string of the molecule is CCC(=O)N(OC(=O)CC1CC2(CO2)C(O)C(C=CC(C)=CCC2OC(C)C(NC(=O)C=CC(C)OC(C)=O)CC2C)O1)C(C)=O. The van der Waals surface area contributed by atoms with Crippen molar-refractivity contribution < 1.29 is 52.9 Å². The van der Waals surface area contributed by atoms with E-state index >= 15 is 0 Å². The number of carbonyl (C=O) groups is 5. The van der Waals surface area contributed by atoms with Gasteiger partial charge in [-0.15, -0.1) is 5.06 Å². The van der Waals surface area contributed by atoms with Gasteiger partial charge in [0.05, 0.1) is 37.4 Å². The van der Waals surface area contributed by atoms with Crippen LogP contribution in [0.4, 0.5) is 0 Å². The minimum absolute atomic E-state index is 0.00223. The summed E-state index contributed by atoms with van der Waals surface area (Å²) >= 11 is 0. The maximum Gasteiger partial charge on any atom is 0.335 e. The van der Waals surface area contributed by atoms with E-state index in [1.165, 1.54) is 19.1 Å². The third-order valence-electron chi connectivity index (χ3n) is 8.33. The summed E-state index contributed by atoms with van der Waals surface area (Å²) in [6.07, 6.45) is 6.82. The van der Waals surface area contributed by atoms with Crippen LogP contribution in [0.25, 0.3) is 0 Å². The van der Waals surface area contributed by atoms with Crippen molar-refractivity contribution in [3.05, 3.63) is 36.0 Å². The first-order valence-electron chi connectivity index (χ1n) is 15.8. The number of imide groups is 1. The monoisotopic (exact) mass is 648 g/mol. The van der Waals surface area contributed by atoms with Gasteiger partial charge in [-0.25, -0.2) is 4.79 Å². The molecule has 3 rings (SSSR count). The van der Waals surface area contributed by atoms with Crippen molar-refractivity contribution in [1.82, 2.24) is 10.4 Å². The summed E-state index contributed by atoms with van der Waals surface area (Å²) in [5.41, 5.74) is 0.100. The van der Waals surface area contributed by atoms with Crippen LogP contribution in [0.2, 0.25) is 0 Å². The number of nitrogens with zero attached hydrogens (tertiary/aromatic N) is 1. The highest BCUT2D eigenvalue weighted by molar-refractivity contribution is 5.94. The van der Waals surface area contributed by atoms with Crippen LogP contribution in [0.3, 0.4) is 0 Å². The first-order chi connectivity index (χ1) is 21.6. The molecule has 0 bridgehead atoms. The van der Waals surface area contributed by atoms with Gasteiger partial charge in [-0.1, -0.05) is 37.6 Å². The molecule has 13 heteroatoms. The molecule has 0 aromatic carbocycles. The Bertz CT molecular complexity index is 1220. The van der Waals surface area contributed by atoms with Crippen molar-refractivity contribution >= 4 is 29.7 Å². The zero-order valence-electron chi connectivity index (χ0n) is 27.7. The Kier molecular flexibility index (Phi) is 13.2. The number of aliphatic hydroxyl groups excluding tert-OH is 1. The molecule has 3 aliphatic rings. The van der Waals surface area contributed by atoms with Gasteiger partial charge in [0.25, 0.3) is 11.8 Å². The van der Waals surface area contributed by atoms with Crippen molar-refractivity contribution in [2.45, 2.75) is 129 Å². The minimum atomic E-state index is -0.936. The van der Waals surface area contributed by atoms with Crippen LogP contribution in [-0.4, -0.2) is 94.7 Å². The van der Waals surface area contributed by atoms with E-state index in [1.807, 2.05) is 26.0 Å². The molecular formula is C33H48N2O11. The molecular weight excluding hydrogens is 600 g/mol. The van der Waals surface area contributed by atoms with E-state index in [4.69, 9.17) is 23.8 Å². The summed E-state index contributed by atoms with van der Waals surface area (Å²) in [5, 5.41) is 14.3. The number of ether oxygens (including phenoxy) is 4. The van der Waals surface area contributed by atoms with Crippen molar-refractivity contribution in [1.29, 1.82) is 0 Å². The van der Waals surface area contributed by atoms with Crippen LogP contribution < -0.4 is 5.32 Å². The summed E-state index contributed by atoms with van der Waals surface area (Å²) in [5.74, 6) is -2.65. The van der Waals surface area contributed by atoms with E-state index in [0.717, 1.165) is 18.9 Å². The fourth-order valence-corrected chi connectivity index (χ4v) is 5.65. The number of hydrogen-bond donors (Lipinski definition) is 2. The van der Waals surface area contributed by atoms with E-state index in [0.29, 0.717) is 18.1 Å². The van der Waals surface area contributed by atoms with Gasteiger partial charge in [0.1, 0.15) is 23.9 Å². The molecule has 0 radical (unpaired) electrons. The Labute approximate surface area is 270 Å². The molecule has 0 aromatic rings. The lowest BCUT2D eigenvalue weighted by Gasteiger charge is -2.39. The Morgan fingerprint density at radius 1 is 1.11 bits per heavy atom. The second kappa shape index (κ2) is 16.4.